The number of carbonyl (C=O) groups excluding carboxylic acids is 1. The molecule has 1 aromatic heterocycles. The smallest absolute Gasteiger partial charge is 0.296 e. The molecule has 26 heavy (non-hydrogen) atoms. The SMILES string of the molecule is CC1(C)CCCCn2c1nc(C(=O)NCc1ccc(F)cc1)c(O)c2=O. The zero-order valence-corrected chi connectivity index (χ0v) is 14.9. The Labute approximate surface area is 150 Å². The van der Waals surface area contributed by atoms with Crippen LogP contribution in [0.4, 0.5) is 4.39 Å². The van der Waals surface area contributed by atoms with E-state index in [2.05, 4.69) is 10.3 Å². The molecule has 0 atom stereocenters. The first-order chi connectivity index (χ1) is 12.3. The number of fused-ring (bicyclic) bond motifs is 1. The number of rotatable bonds is 3. The number of nitrogens with one attached hydrogen (secondary N) is 1. The maximum Gasteiger partial charge on any atom is 0.296 e. The fraction of sp³-hybridized carbons (Fsp3) is 0.421. The van der Waals surface area contributed by atoms with Gasteiger partial charge >= 0.3 is 0 Å². The van der Waals surface area contributed by atoms with Crippen LogP contribution >= 0.6 is 0 Å². The number of amides is 1. The van der Waals surface area contributed by atoms with Crippen molar-refractivity contribution in [1.82, 2.24) is 14.9 Å². The monoisotopic (exact) mass is 359 g/mol. The van der Waals surface area contributed by atoms with Crippen LogP contribution in [0.1, 0.15) is 55.0 Å². The lowest BCUT2D eigenvalue weighted by Crippen LogP contribution is -2.35. The molecule has 7 heteroatoms. The molecule has 0 saturated carbocycles. The van der Waals surface area contributed by atoms with E-state index in [0.717, 1.165) is 19.3 Å². The van der Waals surface area contributed by atoms with Crippen molar-refractivity contribution in [3.8, 4) is 5.75 Å². The Morgan fingerprint density at radius 1 is 1.31 bits per heavy atom. The van der Waals surface area contributed by atoms with Crippen molar-refractivity contribution in [1.29, 1.82) is 0 Å². The summed E-state index contributed by atoms with van der Waals surface area (Å²) in [5.74, 6) is -1.11. The summed E-state index contributed by atoms with van der Waals surface area (Å²) in [5.41, 5.74) is -0.517. The summed E-state index contributed by atoms with van der Waals surface area (Å²) in [6.07, 6.45) is 2.62. The quantitative estimate of drug-likeness (QED) is 0.882. The van der Waals surface area contributed by atoms with Crippen LogP contribution in [-0.4, -0.2) is 20.6 Å². The van der Waals surface area contributed by atoms with Gasteiger partial charge in [0.2, 0.25) is 5.75 Å². The van der Waals surface area contributed by atoms with E-state index >= 15 is 0 Å². The fourth-order valence-corrected chi connectivity index (χ4v) is 3.24. The van der Waals surface area contributed by atoms with Gasteiger partial charge in [0.25, 0.3) is 11.5 Å². The summed E-state index contributed by atoms with van der Waals surface area (Å²) >= 11 is 0. The minimum absolute atomic E-state index is 0.141. The first-order valence-corrected chi connectivity index (χ1v) is 8.66. The third-order valence-corrected chi connectivity index (χ3v) is 4.77. The number of hydrogen-bond acceptors (Lipinski definition) is 4. The molecule has 0 spiro atoms. The summed E-state index contributed by atoms with van der Waals surface area (Å²) in [6, 6.07) is 5.71. The minimum atomic E-state index is -0.636. The molecule has 0 aliphatic carbocycles. The Hall–Kier alpha value is -2.70. The molecular weight excluding hydrogens is 337 g/mol. The Morgan fingerprint density at radius 2 is 2.00 bits per heavy atom. The largest absolute Gasteiger partial charge is 0.501 e. The summed E-state index contributed by atoms with van der Waals surface area (Å²) in [6.45, 7) is 4.58. The normalized spacial score (nSPS) is 15.8. The van der Waals surface area contributed by atoms with Crippen molar-refractivity contribution in [2.24, 2.45) is 0 Å². The van der Waals surface area contributed by atoms with E-state index in [1.807, 2.05) is 13.8 Å². The number of halogens is 1. The van der Waals surface area contributed by atoms with E-state index in [0.29, 0.717) is 17.9 Å². The first-order valence-electron chi connectivity index (χ1n) is 8.66. The molecule has 0 saturated heterocycles. The standard InChI is InChI=1S/C19H22FN3O3/c1-19(2)9-3-4-10-23-17(26)15(24)14(22-18(19)23)16(25)21-11-12-5-7-13(20)8-6-12/h5-8,24H,3-4,9-11H2,1-2H3,(H,21,25). The Balaban J connectivity index is 1.91. The lowest BCUT2D eigenvalue weighted by Gasteiger charge is -2.24. The molecule has 2 N–H and O–H groups in total. The Kier molecular flexibility index (Phi) is 4.80. The third kappa shape index (κ3) is 3.47. The maximum atomic E-state index is 12.9. The van der Waals surface area contributed by atoms with Crippen LogP contribution in [0, 0.1) is 5.82 Å². The van der Waals surface area contributed by atoms with Gasteiger partial charge in [0.05, 0.1) is 0 Å². The van der Waals surface area contributed by atoms with Crippen LogP contribution in [0.5, 0.6) is 5.75 Å². The lowest BCUT2D eigenvalue weighted by atomic mass is 9.87. The number of benzene rings is 1. The molecule has 1 aromatic carbocycles. The molecule has 0 radical (unpaired) electrons. The van der Waals surface area contributed by atoms with Crippen molar-refractivity contribution in [2.45, 2.75) is 51.6 Å². The van der Waals surface area contributed by atoms with Gasteiger partial charge in [-0.25, -0.2) is 9.37 Å². The van der Waals surface area contributed by atoms with Crippen molar-refractivity contribution in [3.63, 3.8) is 0 Å². The first kappa shape index (κ1) is 18.1. The summed E-state index contributed by atoms with van der Waals surface area (Å²) in [5, 5.41) is 12.8. The molecule has 1 aliphatic heterocycles. The number of hydrogen-bond donors (Lipinski definition) is 2. The van der Waals surface area contributed by atoms with E-state index in [1.165, 1.54) is 16.7 Å². The molecular formula is C19H22FN3O3. The van der Waals surface area contributed by atoms with Crippen molar-refractivity contribution in [3.05, 3.63) is 57.5 Å². The molecule has 3 rings (SSSR count). The second-order valence-corrected chi connectivity index (χ2v) is 7.24. The topological polar surface area (TPSA) is 84.2 Å². The lowest BCUT2D eigenvalue weighted by molar-refractivity contribution is 0.0941. The molecule has 0 fully saturated rings. The molecule has 1 amide bonds. The van der Waals surface area contributed by atoms with Crippen molar-refractivity contribution < 1.29 is 14.3 Å². The average Bonchev–Trinajstić information content (AvgIpc) is 2.75. The van der Waals surface area contributed by atoms with Crippen LogP contribution in [0.2, 0.25) is 0 Å². The van der Waals surface area contributed by atoms with Gasteiger partial charge in [-0.15, -0.1) is 0 Å². The Bertz CT molecular complexity index is 888. The highest BCUT2D eigenvalue weighted by Gasteiger charge is 2.32. The highest BCUT2D eigenvalue weighted by Crippen LogP contribution is 2.31. The minimum Gasteiger partial charge on any atom is -0.501 e. The van der Waals surface area contributed by atoms with E-state index in [-0.39, 0.29) is 23.5 Å². The average molecular weight is 359 g/mol. The molecule has 2 aromatic rings. The van der Waals surface area contributed by atoms with Gasteiger partial charge in [-0.1, -0.05) is 32.4 Å². The summed E-state index contributed by atoms with van der Waals surface area (Å²) < 4.78 is 14.4. The third-order valence-electron chi connectivity index (χ3n) is 4.77. The molecule has 138 valence electrons. The van der Waals surface area contributed by atoms with Gasteiger partial charge < -0.3 is 10.4 Å². The van der Waals surface area contributed by atoms with E-state index < -0.39 is 17.2 Å². The highest BCUT2D eigenvalue weighted by atomic mass is 19.1. The van der Waals surface area contributed by atoms with E-state index in [9.17, 15) is 19.1 Å². The number of aromatic nitrogens is 2. The summed E-state index contributed by atoms with van der Waals surface area (Å²) in [7, 11) is 0. The summed E-state index contributed by atoms with van der Waals surface area (Å²) in [4.78, 5) is 29.4. The van der Waals surface area contributed by atoms with Crippen LogP contribution in [0.3, 0.4) is 0 Å². The van der Waals surface area contributed by atoms with Gasteiger partial charge in [0, 0.05) is 18.5 Å². The van der Waals surface area contributed by atoms with Gasteiger partial charge in [-0.3, -0.25) is 14.2 Å². The van der Waals surface area contributed by atoms with Gasteiger partial charge in [0.15, 0.2) is 5.69 Å². The molecule has 2 heterocycles. The molecule has 0 bridgehead atoms. The van der Waals surface area contributed by atoms with Crippen molar-refractivity contribution >= 4 is 5.91 Å². The number of carbonyl (C=O) groups is 1. The zero-order chi connectivity index (χ0) is 18.9. The van der Waals surface area contributed by atoms with E-state index in [4.69, 9.17) is 0 Å². The fourth-order valence-electron chi connectivity index (χ4n) is 3.24. The van der Waals surface area contributed by atoms with Gasteiger partial charge in [-0.2, -0.15) is 0 Å². The van der Waals surface area contributed by atoms with Crippen LogP contribution in [0.25, 0.3) is 0 Å². The second kappa shape index (κ2) is 6.90. The van der Waals surface area contributed by atoms with Crippen LogP contribution in [0.15, 0.2) is 29.1 Å². The second-order valence-electron chi connectivity index (χ2n) is 7.24. The predicted molar refractivity (Wildman–Crippen MR) is 94.6 cm³/mol. The maximum absolute atomic E-state index is 12.9. The highest BCUT2D eigenvalue weighted by molar-refractivity contribution is 5.94. The van der Waals surface area contributed by atoms with Crippen LogP contribution < -0.4 is 10.9 Å². The molecule has 0 unspecified atom stereocenters. The Morgan fingerprint density at radius 3 is 2.69 bits per heavy atom. The van der Waals surface area contributed by atoms with E-state index in [1.54, 1.807) is 12.1 Å². The van der Waals surface area contributed by atoms with Crippen molar-refractivity contribution in [2.75, 3.05) is 0 Å². The van der Waals surface area contributed by atoms with Gasteiger partial charge in [-0.05, 0) is 30.5 Å². The molecule has 1 aliphatic rings. The molecule has 6 nitrogen and oxygen atoms in total. The number of aromatic hydroxyl groups is 1. The van der Waals surface area contributed by atoms with Crippen LogP contribution in [-0.2, 0) is 18.5 Å². The zero-order valence-electron chi connectivity index (χ0n) is 14.9. The van der Waals surface area contributed by atoms with Gasteiger partial charge in [0.1, 0.15) is 11.6 Å². The number of nitrogens with zero attached hydrogens (tertiary/aromatic N) is 2. The predicted octanol–water partition coefficient (Wildman–Crippen LogP) is 2.48.